The molecule has 1 fully saturated rings. The summed E-state index contributed by atoms with van der Waals surface area (Å²) in [5.74, 6) is 0.337. The number of carbonyl (C=O) groups is 1. The Kier molecular flexibility index (Phi) is 6.33. The van der Waals surface area contributed by atoms with Crippen LogP contribution >= 0.6 is 0 Å². The molecule has 1 aliphatic heterocycles. The standard InChI is InChI=1S/C20H24N2O5S/c1-15-5-3-4-6-19(15)27-16(2)20(23)21-17-7-9-18(10-8-17)28(24,25)22-11-13-26-14-12-22/h3-10,16H,11-14H2,1-2H3,(H,21,23). The Hall–Kier alpha value is -2.42. The van der Waals surface area contributed by atoms with E-state index in [1.807, 2.05) is 31.2 Å². The fourth-order valence-electron chi connectivity index (χ4n) is 2.82. The first-order valence-corrected chi connectivity index (χ1v) is 10.5. The highest BCUT2D eigenvalue weighted by molar-refractivity contribution is 7.89. The second-order valence-electron chi connectivity index (χ2n) is 6.56. The largest absolute Gasteiger partial charge is 0.481 e. The third-order valence-corrected chi connectivity index (χ3v) is 6.41. The minimum Gasteiger partial charge on any atom is -0.481 e. The second-order valence-corrected chi connectivity index (χ2v) is 8.49. The quantitative estimate of drug-likeness (QED) is 0.799. The predicted molar refractivity (Wildman–Crippen MR) is 106 cm³/mol. The zero-order valence-corrected chi connectivity index (χ0v) is 16.7. The van der Waals surface area contributed by atoms with E-state index in [9.17, 15) is 13.2 Å². The van der Waals surface area contributed by atoms with Gasteiger partial charge in [-0.2, -0.15) is 4.31 Å². The number of nitrogens with zero attached hydrogens (tertiary/aromatic N) is 1. The molecule has 3 rings (SSSR count). The lowest BCUT2D eigenvalue weighted by atomic mass is 10.2. The number of anilines is 1. The predicted octanol–water partition coefficient (Wildman–Crippen LogP) is 2.42. The summed E-state index contributed by atoms with van der Waals surface area (Å²) in [6, 6.07) is 13.6. The van der Waals surface area contributed by atoms with E-state index in [4.69, 9.17) is 9.47 Å². The lowest BCUT2D eigenvalue weighted by Crippen LogP contribution is -2.40. The van der Waals surface area contributed by atoms with Crippen molar-refractivity contribution in [2.45, 2.75) is 24.8 Å². The van der Waals surface area contributed by atoms with Crippen molar-refractivity contribution >= 4 is 21.6 Å². The maximum atomic E-state index is 12.6. The Bertz CT molecular complexity index is 922. The number of amides is 1. The Balaban J connectivity index is 1.63. The zero-order chi connectivity index (χ0) is 20.1. The molecule has 7 nitrogen and oxygen atoms in total. The molecule has 1 N–H and O–H groups in total. The Morgan fingerprint density at radius 2 is 1.75 bits per heavy atom. The summed E-state index contributed by atoms with van der Waals surface area (Å²) in [6.07, 6.45) is -0.696. The summed E-state index contributed by atoms with van der Waals surface area (Å²) < 4.78 is 37.6. The first-order chi connectivity index (χ1) is 13.4. The molecule has 1 saturated heterocycles. The van der Waals surface area contributed by atoms with E-state index in [1.54, 1.807) is 19.1 Å². The summed E-state index contributed by atoms with van der Waals surface area (Å²) in [5, 5.41) is 2.75. The van der Waals surface area contributed by atoms with Gasteiger partial charge >= 0.3 is 0 Å². The molecule has 1 unspecified atom stereocenters. The summed E-state index contributed by atoms with van der Waals surface area (Å²) in [7, 11) is -3.55. The van der Waals surface area contributed by atoms with Crippen LogP contribution in [0.3, 0.4) is 0 Å². The van der Waals surface area contributed by atoms with Crippen LogP contribution < -0.4 is 10.1 Å². The number of aryl methyl sites for hydroxylation is 1. The number of para-hydroxylation sites is 1. The molecule has 1 heterocycles. The van der Waals surface area contributed by atoms with E-state index in [1.165, 1.54) is 16.4 Å². The van der Waals surface area contributed by atoms with E-state index in [0.717, 1.165) is 5.56 Å². The summed E-state index contributed by atoms with van der Waals surface area (Å²) in [4.78, 5) is 12.6. The van der Waals surface area contributed by atoms with E-state index in [-0.39, 0.29) is 10.8 Å². The maximum Gasteiger partial charge on any atom is 0.265 e. The highest BCUT2D eigenvalue weighted by atomic mass is 32.2. The number of nitrogens with one attached hydrogen (secondary N) is 1. The topological polar surface area (TPSA) is 84.9 Å². The molecule has 150 valence electrons. The Labute approximate surface area is 165 Å². The number of benzene rings is 2. The Morgan fingerprint density at radius 1 is 1.11 bits per heavy atom. The molecule has 0 aliphatic carbocycles. The molecular formula is C20H24N2O5S. The monoisotopic (exact) mass is 404 g/mol. The molecule has 0 aromatic heterocycles. The van der Waals surface area contributed by atoms with Crippen molar-refractivity contribution in [1.29, 1.82) is 0 Å². The molecule has 1 aliphatic rings. The molecule has 2 aromatic rings. The van der Waals surface area contributed by atoms with Gasteiger partial charge in [0.1, 0.15) is 5.75 Å². The average molecular weight is 404 g/mol. The van der Waals surface area contributed by atoms with E-state index >= 15 is 0 Å². The van der Waals surface area contributed by atoms with Crippen LogP contribution in [0.15, 0.2) is 53.4 Å². The van der Waals surface area contributed by atoms with Gasteiger partial charge in [0.25, 0.3) is 5.91 Å². The number of hydrogen-bond acceptors (Lipinski definition) is 5. The van der Waals surface area contributed by atoms with Crippen LogP contribution in [0.4, 0.5) is 5.69 Å². The van der Waals surface area contributed by atoms with Crippen LogP contribution in [0.2, 0.25) is 0 Å². The third kappa shape index (κ3) is 4.70. The van der Waals surface area contributed by atoms with Crippen LogP contribution in [-0.4, -0.2) is 51.0 Å². The molecule has 1 atom stereocenters. The van der Waals surface area contributed by atoms with Crippen molar-refractivity contribution in [2.24, 2.45) is 0 Å². The molecule has 0 spiro atoms. The van der Waals surface area contributed by atoms with Crippen molar-refractivity contribution in [3.63, 3.8) is 0 Å². The van der Waals surface area contributed by atoms with Crippen LogP contribution in [-0.2, 0) is 19.6 Å². The summed E-state index contributed by atoms with van der Waals surface area (Å²) >= 11 is 0. The van der Waals surface area contributed by atoms with Gasteiger partial charge < -0.3 is 14.8 Å². The van der Waals surface area contributed by atoms with Gasteiger partial charge in [-0.05, 0) is 49.7 Å². The fraction of sp³-hybridized carbons (Fsp3) is 0.350. The average Bonchev–Trinajstić information content (AvgIpc) is 2.70. The zero-order valence-electron chi connectivity index (χ0n) is 15.9. The van der Waals surface area contributed by atoms with Gasteiger partial charge in [0.05, 0.1) is 18.1 Å². The molecule has 0 bridgehead atoms. The van der Waals surface area contributed by atoms with E-state index in [2.05, 4.69) is 5.32 Å². The van der Waals surface area contributed by atoms with Crippen molar-refractivity contribution < 1.29 is 22.7 Å². The first kappa shape index (κ1) is 20.3. The fourth-order valence-corrected chi connectivity index (χ4v) is 4.23. The van der Waals surface area contributed by atoms with Gasteiger partial charge in [0, 0.05) is 18.8 Å². The second kappa shape index (κ2) is 8.72. The van der Waals surface area contributed by atoms with Gasteiger partial charge in [-0.25, -0.2) is 8.42 Å². The SMILES string of the molecule is Cc1ccccc1OC(C)C(=O)Nc1ccc(S(=O)(=O)N2CCOCC2)cc1. The van der Waals surface area contributed by atoms with E-state index < -0.39 is 16.1 Å². The molecular weight excluding hydrogens is 380 g/mol. The highest BCUT2D eigenvalue weighted by Crippen LogP contribution is 2.21. The van der Waals surface area contributed by atoms with Crippen LogP contribution in [0.1, 0.15) is 12.5 Å². The number of hydrogen-bond donors (Lipinski definition) is 1. The van der Waals surface area contributed by atoms with Crippen molar-refractivity contribution in [2.75, 3.05) is 31.6 Å². The van der Waals surface area contributed by atoms with Crippen molar-refractivity contribution in [3.05, 3.63) is 54.1 Å². The van der Waals surface area contributed by atoms with Gasteiger partial charge in [0.15, 0.2) is 6.10 Å². The lowest BCUT2D eigenvalue weighted by Gasteiger charge is -2.26. The van der Waals surface area contributed by atoms with Gasteiger partial charge in [0.2, 0.25) is 10.0 Å². The van der Waals surface area contributed by atoms with Crippen molar-refractivity contribution in [1.82, 2.24) is 4.31 Å². The molecule has 0 saturated carbocycles. The van der Waals surface area contributed by atoms with E-state index in [0.29, 0.717) is 37.7 Å². The van der Waals surface area contributed by atoms with Crippen LogP contribution in [0.25, 0.3) is 0 Å². The molecule has 1 amide bonds. The third-order valence-electron chi connectivity index (χ3n) is 4.50. The van der Waals surface area contributed by atoms with Gasteiger partial charge in [-0.1, -0.05) is 18.2 Å². The van der Waals surface area contributed by atoms with Crippen molar-refractivity contribution in [3.8, 4) is 5.75 Å². The van der Waals surface area contributed by atoms with Crippen LogP contribution in [0.5, 0.6) is 5.75 Å². The summed E-state index contributed by atoms with van der Waals surface area (Å²) in [5.41, 5.74) is 1.45. The maximum absolute atomic E-state index is 12.6. The minimum atomic E-state index is -3.55. The molecule has 8 heteroatoms. The number of sulfonamides is 1. The highest BCUT2D eigenvalue weighted by Gasteiger charge is 2.26. The Morgan fingerprint density at radius 3 is 2.39 bits per heavy atom. The van der Waals surface area contributed by atoms with Gasteiger partial charge in [-0.3, -0.25) is 4.79 Å². The number of ether oxygens (including phenoxy) is 2. The minimum absolute atomic E-state index is 0.191. The number of rotatable bonds is 6. The van der Waals surface area contributed by atoms with Gasteiger partial charge in [-0.15, -0.1) is 0 Å². The molecule has 0 radical (unpaired) electrons. The molecule has 28 heavy (non-hydrogen) atoms. The lowest BCUT2D eigenvalue weighted by molar-refractivity contribution is -0.122. The normalized spacial score (nSPS) is 16.4. The number of carbonyl (C=O) groups excluding carboxylic acids is 1. The molecule has 2 aromatic carbocycles. The number of morpholine rings is 1. The van der Waals surface area contributed by atoms with Crippen LogP contribution in [0, 0.1) is 6.92 Å². The summed E-state index contributed by atoms with van der Waals surface area (Å²) in [6.45, 7) is 5.05. The smallest absolute Gasteiger partial charge is 0.265 e. The first-order valence-electron chi connectivity index (χ1n) is 9.09.